The number of rotatable bonds is 6. The molecule has 0 heterocycles. The quantitative estimate of drug-likeness (QED) is 0.283. The molecule has 78 valence electrons. The minimum Gasteiger partial charge on any atom is -0.409 e. The van der Waals surface area contributed by atoms with Gasteiger partial charge in [-0.2, -0.15) is 0 Å². The van der Waals surface area contributed by atoms with Crippen LogP contribution >= 0.6 is 0 Å². The lowest BCUT2D eigenvalue weighted by Crippen LogP contribution is -2.31. The molecule has 4 heteroatoms. The molecule has 0 rings (SSSR count). The van der Waals surface area contributed by atoms with Crippen molar-refractivity contribution in [2.45, 2.75) is 26.7 Å². The molecule has 13 heavy (non-hydrogen) atoms. The summed E-state index contributed by atoms with van der Waals surface area (Å²) in [6.07, 6.45) is 2.38. The van der Waals surface area contributed by atoms with Crippen LogP contribution in [0, 0.1) is 5.92 Å². The Bertz CT molecular complexity index is 157. The van der Waals surface area contributed by atoms with E-state index in [1.54, 1.807) is 0 Å². The van der Waals surface area contributed by atoms with E-state index < -0.39 is 0 Å². The van der Waals surface area contributed by atoms with Crippen LogP contribution < -0.4 is 5.73 Å². The molecule has 0 unspecified atom stereocenters. The van der Waals surface area contributed by atoms with Gasteiger partial charge in [0.2, 0.25) is 0 Å². The minimum absolute atomic E-state index is 0.270. The van der Waals surface area contributed by atoms with Crippen LogP contribution in [-0.2, 0) is 0 Å². The van der Waals surface area contributed by atoms with Crippen LogP contribution in [0.2, 0.25) is 0 Å². The Morgan fingerprint density at radius 2 is 2.15 bits per heavy atom. The fourth-order valence-electron chi connectivity index (χ4n) is 1.16. The molecule has 3 N–H and O–H groups in total. The van der Waals surface area contributed by atoms with Gasteiger partial charge in [0.05, 0.1) is 6.54 Å². The van der Waals surface area contributed by atoms with Crippen LogP contribution in [0.1, 0.15) is 26.7 Å². The highest BCUT2D eigenvalue weighted by atomic mass is 16.4. The molecule has 0 aromatic carbocycles. The number of amidine groups is 1. The molecule has 0 aliphatic carbocycles. The lowest BCUT2D eigenvalue weighted by atomic mass is 10.1. The molecule has 0 atom stereocenters. The van der Waals surface area contributed by atoms with E-state index in [1.165, 1.54) is 6.42 Å². The van der Waals surface area contributed by atoms with Gasteiger partial charge in [-0.1, -0.05) is 19.0 Å². The first-order chi connectivity index (χ1) is 6.06. The third-order valence-electron chi connectivity index (χ3n) is 1.88. The molecular weight excluding hydrogens is 166 g/mol. The van der Waals surface area contributed by atoms with Crippen LogP contribution in [0.4, 0.5) is 0 Å². The van der Waals surface area contributed by atoms with Gasteiger partial charge in [0, 0.05) is 0 Å². The Hall–Kier alpha value is -0.770. The van der Waals surface area contributed by atoms with Gasteiger partial charge in [0.1, 0.15) is 0 Å². The fraction of sp³-hybridized carbons (Fsp3) is 0.889. The summed E-state index contributed by atoms with van der Waals surface area (Å²) in [5.74, 6) is 1.02. The van der Waals surface area contributed by atoms with Crippen LogP contribution in [0.25, 0.3) is 0 Å². The molecule has 0 radical (unpaired) electrons. The molecule has 0 aromatic rings. The normalized spacial score (nSPS) is 12.8. The van der Waals surface area contributed by atoms with Gasteiger partial charge < -0.3 is 10.9 Å². The summed E-state index contributed by atoms with van der Waals surface area (Å²) in [6.45, 7) is 5.95. The van der Waals surface area contributed by atoms with Crippen LogP contribution in [0.3, 0.4) is 0 Å². The monoisotopic (exact) mass is 187 g/mol. The first-order valence-electron chi connectivity index (χ1n) is 4.71. The van der Waals surface area contributed by atoms with E-state index in [-0.39, 0.29) is 5.84 Å². The van der Waals surface area contributed by atoms with Gasteiger partial charge in [-0.15, -0.1) is 0 Å². The Morgan fingerprint density at radius 1 is 1.54 bits per heavy atom. The summed E-state index contributed by atoms with van der Waals surface area (Å²) in [4.78, 5) is 2.05. The van der Waals surface area contributed by atoms with E-state index in [9.17, 15) is 0 Å². The first kappa shape index (κ1) is 12.2. The van der Waals surface area contributed by atoms with Gasteiger partial charge in [-0.25, -0.2) is 0 Å². The largest absolute Gasteiger partial charge is 0.409 e. The molecule has 0 saturated carbocycles. The third-order valence-corrected chi connectivity index (χ3v) is 1.88. The van der Waals surface area contributed by atoms with E-state index >= 15 is 0 Å². The zero-order valence-electron chi connectivity index (χ0n) is 8.82. The first-order valence-corrected chi connectivity index (χ1v) is 4.71. The molecule has 0 aliphatic rings. The molecule has 0 aliphatic heterocycles. The molecular formula is C9H21N3O. The number of hydrogen-bond donors (Lipinski definition) is 2. The average molecular weight is 187 g/mol. The van der Waals surface area contributed by atoms with Crippen molar-refractivity contribution in [3.63, 3.8) is 0 Å². The summed E-state index contributed by atoms with van der Waals surface area (Å²) < 4.78 is 0. The summed E-state index contributed by atoms with van der Waals surface area (Å²) in [7, 11) is 1.97. The maximum Gasteiger partial charge on any atom is 0.153 e. The number of hydrogen-bond acceptors (Lipinski definition) is 3. The van der Waals surface area contributed by atoms with E-state index in [4.69, 9.17) is 10.9 Å². The van der Waals surface area contributed by atoms with Gasteiger partial charge in [0.15, 0.2) is 5.84 Å². The molecule has 0 aromatic heterocycles. The summed E-state index contributed by atoms with van der Waals surface area (Å²) >= 11 is 0. The molecule has 4 nitrogen and oxygen atoms in total. The maximum absolute atomic E-state index is 8.33. The van der Waals surface area contributed by atoms with E-state index in [0.29, 0.717) is 6.54 Å². The summed E-state index contributed by atoms with van der Waals surface area (Å²) in [5.41, 5.74) is 5.36. The van der Waals surface area contributed by atoms with Crippen LogP contribution in [0.5, 0.6) is 0 Å². The second-order valence-corrected chi connectivity index (χ2v) is 3.87. The molecule has 0 amide bonds. The van der Waals surface area contributed by atoms with Gasteiger partial charge in [-0.3, -0.25) is 4.90 Å². The van der Waals surface area contributed by atoms with Gasteiger partial charge >= 0.3 is 0 Å². The second kappa shape index (κ2) is 6.71. The average Bonchev–Trinajstić information content (AvgIpc) is 2.03. The fourth-order valence-corrected chi connectivity index (χ4v) is 1.16. The smallest absolute Gasteiger partial charge is 0.153 e. The predicted octanol–water partition coefficient (Wildman–Crippen LogP) is 1.10. The summed E-state index contributed by atoms with van der Waals surface area (Å²) in [6, 6.07) is 0. The molecule has 0 fully saturated rings. The van der Waals surface area contributed by atoms with Crippen molar-refractivity contribution in [1.29, 1.82) is 0 Å². The SMILES string of the molecule is CC(C)CCCN(C)CC(N)=NO. The Labute approximate surface area is 80.4 Å². The highest BCUT2D eigenvalue weighted by Crippen LogP contribution is 2.03. The highest BCUT2D eigenvalue weighted by molar-refractivity contribution is 5.81. The second-order valence-electron chi connectivity index (χ2n) is 3.87. The maximum atomic E-state index is 8.33. The molecule has 0 saturated heterocycles. The lowest BCUT2D eigenvalue weighted by molar-refractivity contribution is 0.307. The predicted molar refractivity (Wildman–Crippen MR) is 55.0 cm³/mol. The number of oxime groups is 1. The molecule has 0 bridgehead atoms. The van der Waals surface area contributed by atoms with Crippen molar-refractivity contribution >= 4 is 5.84 Å². The summed E-state index contributed by atoms with van der Waals surface area (Å²) in [5, 5.41) is 11.3. The van der Waals surface area contributed by atoms with E-state index in [0.717, 1.165) is 18.9 Å². The molecule has 0 spiro atoms. The number of likely N-dealkylation sites (N-methyl/N-ethyl adjacent to an activating group) is 1. The zero-order chi connectivity index (χ0) is 10.3. The highest BCUT2D eigenvalue weighted by Gasteiger charge is 2.01. The Balaban J connectivity index is 3.46. The van der Waals surface area contributed by atoms with E-state index in [1.807, 2.05) is 7.05 Å². The van der Waals surface area contributed by atoms with Crippen molar-refractivity contribution in [3.05, 3.63) is 0 Å². The number of nitrogens with zero attached hydrogens (tertiary/aromatic N) is 2. The lowest BCUT2D eigenvalue weighted by Gasteiger charge is -2.15. The standard InChI is InChI=1S/C9H21N3O/c1-8(2)5-4-6-12(3)7-9(10)11-13/h8,13H,4-7H2,1-3H3,(H2,10,11). The van der Waals surface area contributed by atoms with Crippen molar-refractivity contribution in [3.8, 4) is 0 Å². The zero-order valence-corrected chi connectivity index (χ0v) is 8.82. The number of nitrogens with two attached hydrogens (primary N) is 1. The van der Waals surface area contributed by atoms with Crippen LogP contribution in [0.15, 0.2) is 5.16 Å². The van der Waals surface area contributed by atoms with Gasteiger partial charge in [-0.05, 0) is 32.4 Å². The van der Waals surface area contributed by atoms with Crippen molar-refractivity contribution in [2.75, 3.05) is 20.1 Å². The Kier molecular flexibility index (Phi) is 6.32. The van der Waals surface area contributed by atoms with Crippen molar-refractivity contribution in [2.24, 2.45) is 16.8 Å². The van der Waals surface area contributed by atoms with E-state index in [2.05, 4.69) is 23.9 Å². The third kappa shape index (κ3) is 7.59. The topological polar surface area (TPSA) is 61.8 Å². The van der Waals surface area contributed by atoms with Gasteiger partial charge in [0.25, 0.3) is 0 Å². The minimum atomic E-state index is 0.270. The van der Waals surface area contributed by atoms with Crippen LogP contribution in [-0.4, -0.2) is 36.1 Å². The van der Waals surface area contributed by atoms with Crippen molar-refractivity contribution < 1.29 is 5.21 Å². The van der Waals surface area contributed by atoms with Crippen molar-refractivity contribution in [1.82, 2.24) is 4.90 Å². The Morgan fingerprint density at radius 3 is 2.62 bits per heavy atom.